The molecule has 1 aliphatic heterocycles. The van der Waals surface area contributed by atoms with Gasteiger partial charge in [-0.25, -0.2) is 4.79 Å². The Balaban J connectivity index is 1.23. The van der Waals surface area contributed by atoms with Gasteiger partial charge in [-0.1, -0.05) is 18.2 Å². The van der Waals surface area contributed by atoms with E-state index < -0.39 is 0 Å². The monoisotopic (exact) mass is 500 g/mol. The highest BCUT2D eigenvalue weighted by atomic mass is 16.5. The van der Waals surface area contributed by atoms with Crippen LogP contribution >= 0.6 is 0 Å². The minimum atomic E-state index is 0.00973. The quantitative estimate of drug-likeness (QED) is 0.342. The second-order valence-corrected chi connectivity index (χ2v) is 10.6. The maximum Gasteiger partial charge on any atom is 0.329 e. The van der Waals surface area contributed by atoms with Gasteiger partial charge in [0.2, 0.25) is 0 Å². The predicted molar refractivity (Wildman–Crippen MR) is 147 cm³/mol. The molecule has 0 spiro atoms. The van der Waals surface area contributed by atoms with Gasteiger partial charge in [-0.05, 0) is 92.9 Å². The number of nitrogens with one attached hydrogen (secondary N) is 1. The van der Waals surface area contributed by atoms with Crippen LogP contribution in [-0.2, 0) is 11.8 Å². The van der Waals surface area contributed by atoms with Crippen molar-refractivity contribution in [3.8, 4) is 16.9 Å². The summed E-state index contributed by atoms with van der Waals surface area (Å²) in [5.74, 6) is 1.70. The number of imidazole rings is 1. The Morgan fingerprint density at radius 2 is 1.92 bits per heavy atom. The van der Waals surface area contributed by atoms with E-state index in [9.17, 15) is 4.79 Å². The van der Waals surface area contributed by atoms with Gasteiger partial charge in [-0.2, -0.15) is 0 Å². The van der Waals surface area contributed by atoms with Crippen LogP contribution in [0.4, 0.5) is 0 Å². The number of piperidine rings is 1. The fourth-order valence-electron chi connectivity index (χ4n) is 5.96. The van der Waals surface area contributed by atoms with Gasteiger partial charge >= 0.3 is 5.69 Å². The number of benzene rings is 2. The Kier molecular flexibility index (Phi) is 6.74. The molecule has 194 valence electrons. The summed E-state index contributed by atoms with van der Waals surface area (Å²) in [5.41, 5.74) is 4.95. The van der Waals surface area contributed by atoms with Gasteiger partial charge in [0.25, 0.3) is 0 Å². The molecule has 7 heteroatoms. The summed E-state index contributed by atoms with van der Waals surface area (Å²) in [4.78, 5) is 17.9. The molecule has 37 heavy (non-hydrogen) atoms. The van der Waals surface area contributed by atoms with Crippen LogP contribution < -0.4 is 15.7 Å². The number of rotatable bonds is 8. The topological polar surface area (TPSA) is 70.3 Å². The molecule has 6 rings (SSSR count). The lowest BCUT2D eigenvalue weighted by molar-refractivity contribution is 0.00635. The molecule has 1 saturated heterocycles. The van der Waals surface area contributed by atoms with Crippen molar-refractivity contribution in [1.82, 2.24) is 19.4 Å². The smallest absolute Gasteiger partial charge is 0.329 e. The lowest BCUT2D eigenvalue weighted by Gasteiger charge is -2.34. The molecule has 3 heterocycles. The first-order chi connectivity index (χ1) is 18.1. The summed E-state index contributed by atoms with van der Waals surface area (Å²) in [6, 6.07) is 14.8. The zero-order chi connectivity index (χ0) is 25.4. The molecule has 2 fully saturated rings. The third kappa shape index (κ3) is 4.66. The molecule has 2 aromatic carbocycles. The summed E-state index contributed by atoms with van der Waals surface area (Å²) < 4.78 is 15.2. The third-order valence-corrected chi connectivity index (χ3v) is 8.30. The molecule has 1 saturated carbocycles. The van der Waals surface area contributed by atoms with Gasteiger partial charge in [0.1, 0.15) is 5.75 Å². The molecule has 0 bridgehead atoms. The Labute approximate surface area is 217 Å². The van der Waals surface area contributed by atoms with E-state index in [-0.39, 0.29) is 17.8 Å². The van der Waals surface area contributed by atoms with E-state index in [1.807, 2.05) is 17.8 Å². The zero-order valence-electron chi connectivity index (χ0n) is 21.8. The number of methoxy groups -OCH3 is 1. The van der Waals surface area contributed by atoms with Gasteiger partial charge in [0.15, 0.2) is 0 Å². The van der Waals surface area contributed by atoms with Crippen molar-refractivity contribution in [3.05, 3.63) is 59.1 Å². The molecule has 1 unspecified atom stereocenters. The lowest BCUT2D eigenvalue weighted by atomic mass is 9.89. The minimum Gasteiger partial charge on any atom is -0.494 e. The van der Waals surface area contributed by atoms with Crippen molar-refractivity contribution in [1.29, 1.82) is 0 Å². The van der Waals surface area contributed by atoms with Crippen molar-refractivity contribution >= 4 is 21.9 Å². The SMILES string of the molecule is COC1CC(n2c(=O)n(C)c3cnc4ccc(-c5ccc(OCCCC6CCCNC6)cc5)cc4c32)C1. The van der Waals surface area contributed by atoms with Gasteiger partial charge in [0.05, 0.1) is 35.5 Å². The first-order valence-electron chi connectivity index (χ1n) is 13.6. The van der Waals surface area contributed by atoms with Crippen molar-refractivity contribution in [2.75, 3.05) is 26.8 Å². The lowest BCUT2D eigenvalue weighted by Crippen LogP contribution is -2.37. The molecule has 4 aromatic rings. The second kappa shape index (κ2) is 10.3. The fourth-order valence-corrected chi connectivity index (χ4v) is 5.96. The van der Waals surface area contributed by atoms with Crippen molar-refractivity contribution < 1.29 is 9.47 Å². The van der Waals surface area contributed by atoms with Crippen molar-refractivity contribution in [3.63, 3.8) is 0 Å². The number of hydrogen-bond donors (Lipinski definition) is 1. The number of hydrogen-bond acceptors (Lipinski definition) is 5. The predicted octanol–water partition coefficient (Wildman–Crippen LogP) is 5.06. The average Bonchev–Trinajstić information content (AvgIpc) is 3.17. The molecule has 2 aliphatic rings. The van der Waals surface area contributed by atoms with Crippen LogP contribution in [0.2, 0.25) is 0 Å². The first-order valence-corrected chi connectivity index (χ1v) is 13.6. The van der Waals surface area contributed by atoms with Crippen LogP contribution in [0.15, 0.2) is 53.5 Å². The van der Waals surface area contributed by atoms with Crippen LogP contribution in [0.3, 0.4) is 0 Å². The molecular weight excluding hydrogens is 464 g/mol. The highest BCUT2D eigenvalue weighted by molar-refractivity contribution is 6.04. The number of aromatic nitrogens is 3. The Bertz CT molecular complexity index is 1440. The highest BCUT2D eigenvalue weighted by Crippen LogP contribution is 2.37. The van der Waals surface area contributed by atoms with E-state index in [1.54, 1.807) is 11.7 Å². The van der Waals surface area contributed by atoms with E-state index in [0.717, 1.165) is 83.7 Å². The standard InChI is InChI=1S/C30H36N4O3/c1-33-28-19-32-27-12-9-22(15-26(27)29(28)34(30(33)35)23-16-25(17-23)36-2)21-7-10-24(11-8-21)37-14-4-6-20-5-3-13-31-18-20/h7-12,15,19-20,23,25,31H,3-6,13-14,16-18H2,1-2H3. The van der Waals surface area contributed by atoms with Crippen LogP contribution in [0, 0.1) is 5.92 Å². The Hall–Kier alpha value is -3.16. The van der Waals surface area contributed by atoms with E-state index in [1.165, 1.54) is 19.3 Å². The van der Waals surface area contributed by atoms with E-state index in [2.05, 4.69) is 52.8 Å². The van der Waals surface area contributed by atoms with E-state index in [4.69, 9.17) is 9.47 Å². The Morgan fingerprint density at radius 3 is 2.68 bits per heavy atom. The largest absolute Gasteiger partial charge is 0.494 e. The highest BCUT2D eigenvalue weighted by Gasteiger charge is 2.33. The van der Waals surface area contributed by atoms with Crippen molar-refractivity contribution in [2.45, 2.75) is 50.7 Å². The van der Waals surface area contributed by atoms with Gasteiger partial charge in [0, 0.05) is 25.6 Å². The van der Waals surface area contributed by atoms with Gasteiger partial charge in [-0.3, -0.25) is 14.1 Å². The average molecular weight is 501 g/mol. The third-order valence-electron chi connectivity index (χ3n) is 8.30. The summed E-state index contributed by atoms with van der Waals surface area (Å²) in [6.45, 7) is 3.07. The number of pyridine rings is 1. The number of fused-ring (bicyclic) bond motifs is 3. The fraction of sp³-hybridized carbons (Fsp3) is 0.467. The normalized spacial score (nSPS) is 21.8. The molecule has 1 N–H and O–H groups in total. The number of ether oxygens (including phenoxy) is 2. The van der Waals surface area contributed by atoms with Crippen LogP contribution in [-0.4, -0.2) is 47.0 Å². The Morgan fingerprint density at radius 1 is 1.11 bits per heavy atom. The van der Waals surface area contributed by atoms with E-state index >= 15 is 0 Å². The molecule has 2 aromatic heterocycles. The maximum absolute atomic E-state index is 13.2. The second-order valence-electron chi connectivity index (χ2n) is 10.6. The molecule has 0 amide bonds. The molecule has 0 radical (unpaired) electrons. The summed E-state index contributed by atoms with van der Waals surface area (Å²) >= 11 is 0. The minimum absolute atomic E-state index is 0.00973. The maximum atomic E-state index is 13.2. The molecular formula is C30H36N4O3. The number of nitrogens with zero attached hydrogens (tertiary/aromatic N) is 3. The number of aryl methyl sites for hydroxylation is 1. The molecule has 7 nitrogen and oxygen atoms in total. The van der Waals surface area contributed by atoms with E-state index in [0.29, 0.717) is 0 Å². The van der Waals surface area contributed by atoms with Crippen LogP contribution in [0.5, 0.6) is 5.75 Å². The molecule has 1 atom stereocenters. The summed E-state index contributed by atoms with van der Waals surface area (Å²) in [5, 5.41) is 4.50. The first kappa shape index (κ1) is 24.2. The zero-order valence-corrected chi connectivity index (χ0v) is 21.8. The van der Waals surface area contributed by atoms with Crippen molar-refractivity contribution in [2.24, 2.45) is 13.0 Å². The van der Waals surface area contributed by atoms with Gasteiger partial charge < -0.3 is 14.8 Å². The molecule has 1 aliphatic carbocycles. The summed E-state index contributed by atoms with van der Waals surface area (Å²) in [6.07, 6.45) is 8.70. The van der Waals surface area contributed by atoms with Crippen LogP contribution in [0.25, 0.3) is 33.1 Å². The van der Waals surface area contributed by atoms with Gasteiger partial charge in [-0.15, -0.1) is 0 Å². The van der Waals surface area contributed by atoms with Crippen LogP contribution in [0.1, 0.15) is 44.6 Å². The summed E-state index contributed by atoms with van der Waals surface area (Å²) in [7, 11) is 3.57.